The van der Waals surface area contributed by atoms with Crippen molar-refractivity contribution in [2.75, 3.05) is 0 Å². The van der Waals surface area contributed by atoms with E-state index in [-0.39, 0.29) is 5.82 Å². The molecule has 0 unspecified atom stereocenters. The molecule has 2 aromatic rings. The van der Waals surface area contributed by atoms with E-state index in [0.717, 1.165) is 65.7 Å². The topological polar surface area (TPSA) is 0 Å². The molecule has 0 heterocycles. The van der Waals surface area contributed by atoms with E-state index in [1.54, 1.807) is 0 Å². The minimum atomic E-state index is 0.000403. The molecule has 2 saturated carbocycles. The van der Waals surface area contributed by atoms with Crippen molar-refractivity contribution >= 4 is 10.8 Å². The Hall–Kier alpha value is -1.89. The van der Waals surface area contributed by atoms with E-state index >= 15 is 4.39 Å². The second-order valence-corrected chi connectivity index (χ2v) is 10.2. The van der Waals surface area contributed by atoms with Crippen molar-refractivity contribution in [2.24, 2.45) is 23.7 Å². The standard InChI is InChI=1S/C30H39F/c1-3-5-6-24-12-20-29-28(21-24)19-18-27(30(29)31)17-11-23-9-15-26(16-10-23)25-13-7-22(4-2)8-14-25/h3-4,12,18-23,25-26H,1-2,5-11,13-17H2. The largest absolute Gasteiger partial charge is 0.206 e. The summed E-state index contributed by atoms with van der Waals surface area (Å²) in [7, 11) is 0. The summed E-state index contributed by atoms with van der Waals surface area (Å²) in [6.07, 6.45) is 19.0. The van der Waals surface area contributed by atoms with Crippen LogP contribution in [-0.2, 0) is 12.8 Å². The molecule has 4 rings (SSSR count). The third-order valence-electron chi connectivity index (χ3n) is 8.27. The molecule has 0 saturated heterocycles. The monoisotopic (exact) mass is 418 g/mol. The minimum Gasteiger partial charge on any atom is -0.206 e. The smallest absolute Gasteiger partial charge is 0.134 e. The second kappa shape index (κ2) is 10.6. The van der Waals surface area contributed by atoms with Gasteiger partial charge >= 0.3 is 0 Å². The highest BCUT2D eigenvalue weighted by Gasteiger charge is 2.30. The molecule has 0 nitrogen and oxygen atoms in total. The van der Waals surface area contributed by atoms with Crippen LogP contribution in [0.4, 0.5) is 4.39 Å². The quantitative estimate of drug-likeness (QED) is 0.376. The molecule has 2 aliphatic carbocycles. The van der Waals surface area contributed by atoms with Crippen LogP contribution in [-0.4, -0.2) is 0 Å². The second-order valence-electron chi connectivity index (χ2n) is 10.2. The first-order valence-corrected chi connectivity index (χ1v) is 12.6. The van der Waals surface area contributed by atoms with Gasteiger partial charge in [0.1, 0.15) is 5.82 Å². The highest BCUT2D eigenvalue weighted by molar-refractivity contribution is 5.84. The summed E-state index contributed by atoms with van der Waals surface area (Å²) in [6.45, 7) is 7.78. The third kappa shape index (κ3) is 5.48. The fraction of sp³-hybridized carbons (Fsp3) is 0.533. The van der Waals surface area contributed by atoms with Crippen LogP contribution < -0.4 is 0 Å². The van der Waals surface area contributed by atoms with Crippen LogP contribution in [0.3, 0.4) is 0 Å². The number of halogens is 1. The number of rotatable bonds is 8. The van der Waals surface area contributed by atoms with Gasteiger partial charge in [0.05, 0.1) is 0 Å². The maximum Gasteiger partial charge on any atom is 0.134 e. The Morgan fingerprint density at radius 3 is 2.23 bits per heavy atom. The van der Waals surface area contributed by atoms with Gasteiger partial charge in [0.25, 0.3) is 0 Å². The lowest BCUT2D eigenvalue weighted by Gasteiger charge is -2.37. The SMILES string of the molecule is C=CCCc1ccc2c(F)c(CCC3CCC(C4CCC(C=C)CC4)CC3)ccc2c1. The lowest BCUT2D eigenvalue weighted by molar-refractivity contribution is 0.152. The summed E-state index contributed by atoms with van der Waals surface area (Å²) in [5.74, 6) is 3.43. The van der Waals surface area contributed by atoms with Crippen molar-refractivity contribution in [3.05, 3.63) is 72.6 Å². The van der Waals surface area contributed by atoms with E-state index < -0.39 is 0 Å². The van der Waals surface area contributed by atoms with Crippen LogP contribution >= 0.6 is 0 Å². The average Bonchev–Trinajstić information content (AvgIpc) is 2.82. The molecule has 0 bridgehead atoms. The molecule has 31 heavy (non-hydrogen) atoms. The minimum absolute atomic E-state index is 0.000403. The molecule has 2 aliphatic rings. The Bertz CT molecular complexity index is 879. The van der Waals surface area contributed by atoms with Crippen LogP contribution in [0.1, 0.15) is 75.3 Å². The van der Waals surface area contributed by atoms with Crippen molar-refractivity contribution in [2.45, 2.75) is 77.0 Å². The van der Waals surface area contributed by atoms with Gasteiger partial charge in [-0.25, -0.2) is 4.39 Å². The van der Waals surface area contributed by atoms with Gasteiger partial charge in [-0.15, -0.1) is 13.2 Å². The Morgan fingerprint density at radius 1 is 0.839 bits per heavy atom. The van der Waals surface area contributed by atoms with Crippen molar-refractivity contribution in [1.29, 1.82) is 0 Å². The maximum atomic E-state index is 15.1. The molecular formula is C30H39F. The number of benzene rings is 2. The summed E-state index contributed by atoms with van der Waals surface area (Å²) < 4.78 is 15.1. The van der Waals surface area contributed by atoms with Crippen LogP contribution in [0.2, 0.25) is 0 Å². The molecular weight excluding hydrogens is 379 g/mol. The Labute approximate surface area is 188 Å². The molecule has 1 heteroatoms. The molecule has 166 valence electrons. The van der Waals surface area contributed by atoms with E-state index in [0.29, 0.717) is 0 Å². The summed E-state index contributed by atoms with van der Waals surface area (Å²) in [5, 5.41) is 1.80. The van der Waals surface area contributed by atoms with E-state index in [1.807, 2.05) is 18.2 Å². The van der Waals surface area contributed by atoms with Crippen molar-refractivity contribution in [3.8, 4) is 0 Å². The third-order valence-corrected chi connectivity index (χ3v) is 8.27. The summed E-state index contributed by atoms with van der Waals surface area (Å²) in [4.78, 5) is 0. The molecule has 0 spiro atoms. The van der Waals surface area contributed by atoms with Crippen LogP contribution in [0.15, 0.2) is 55.6 Å². The van der Waals surface area contributed by atoms with Gasteiger partial charge in [0.15, 0.2) is 0 Å². The van der Waals surface area contributed by atoms with Gasteiger partial charge < -0.3 is 0 Å². The lowest BCUT2D eigenvalue weighted by atomic mass is 9.68. The molecule has 0 aliphatic heterocycles. The van der Waals surface area contributed by atoms with Crippen LogP contribution in [0.5, 0.6) is 0 Å². The van der Waals surface area contributed by atoms with E-state index in [4.69, 9.17) is 0 Å². The summed E-state index contributed by atoms with van der Waals surface area (Å²) in [6, 6.07) is 10.3. The number of aryl methyl sites for hydroxylation is 2. The molecule has 0 aromatic heterocycles. The lowest BCUT2D eigenvalue weighted by Crippen LogP contribution is -2.25. The molecule has 0 radical (unpaired) electrons. The normalized spacial score (nSPS) is 26.6. The number of hydrogen-bond donors (Lipinski definition) is 0. The number of hydrogen-bond acceptors (Lipinski definition) is 0. The summed E-state index contributed by atoms with van der Waals surface area (Å²) in [5.41, 5.74) is 2.16. The zero-order chi connectivity index (χ0) is 21.6. The zero-order valence-electron chi connectivity index (χ0n) is 19.1. The van der Waals surface area contributed by atoms with E-state index in [1.165, 1.54) is 56.9 Å². The number of allylic oxidation sites excluding steroid dienone is 2. The highest BCUT2D eigenvalue weighted by atomic mass is 19.1. The van der Waals surface area contributed by atoms with E-state index in [9.17, 15) is 0 Å². The fourth-order valence-electron chi connectivity index (χ4n) is 6.16. The van der Waals surface area contributed by atoms with E-state index in [2.05, 4.69) is 37.4 Å². The summed E-state index contributed by atoms with van der Waals surface area (Å²) >= 11 is 0. The molecule has 0 N–H and O–H groups in total. The van der Waals surface area contributed by atoms with Crippen LogP contribution in [0.25, 0.3) is 10.8 Å². The Balaban J connectivity index is 1.29. The van der Waals surface area contributed by atoms with Gasteiger partial charge in [-0.2, -0.15) is 0 Å². The first-order chi connectivity index (χ1) is 15.2. The first kappa shape index (κ1) is 22.3. The van der Waals surface area contributed by atoms with Gasteiger partial charge in [0.2, 0.25) is 0 Å². The van der Waals surface area contributed by atoms with Crippen LogP contribution in [0, 0.1) is 29.5 Å². The molecule has 0 amide bonds. The van der Waals surface area contributed by atoms with Gasteiger partial charge in [0, 0.05) is 5.39 Å². The zero-order valence-corrected chi connectivity index (χ0v) is 19.1. The van der Waals surface area contributed by atoms with Gasteiger partial charge in [-0.3, -0.25) is 0 Å². The highest BCUT2D eigenvalue weighted by Crippen LogP contribution is 2.42. The van der Waals surface area contributed by atoms with Gasteiger partial charge in [-0.05, 0) is 104 Å². The molecule has 0 atom stereocenters. The fourth-order valence-corrected chi connectivity index (χ4v) is 6.16. The van der Waals surface area contributed by atoms with Gasteiger partial charge in [-0.1, -0.05) is 55.3 Å². The molecule has 2 fully saturated rings. The number of fused-ring (bicyclic) bond motifs is 1. The maximum absolute atomic E-state index is 15.1. The van der Waals surface area contributed by atoms with Crippen molar-refractivity contribution in [3.63, 3.8) is 0 Å². The predicted octanol–water partition coefficient (Wildman–Crippen LogP) is 8.83. The first-order valence-electron chi connectivity index (χ1n) is 12.6. The average molecular weight is 419 g/mol. The van der Waals surface area contributed by atoms with Crippen molar-refractivity contribution in [1.82, 2.24) is 0 Å². The Morgan fingerprint density at radius 2 is 1.55 bits per heavy atom. The van der Waals surface area contributed by atoms with Crippen molar-refractivity contribution < 1.29 is 4.39 Å². The molecule has 2 aromatic carbocycles. The Kier molecular flexibility index (Phi) is 7.64. The predicted molar refractivity (Wildman–Crippen MR) is 132 cm³/mol.